The molecule has 0 atom stereocenters. The molecule has 2 aromatic carbocycles. The zero-order valence-electron chi connectivity index (χ0n) is 17.3. The zero-order chi connectivity index (χ0) is 21.7. The van der Waals surface area contributed by atoms with E-state index in [1.807, 2.05) is 0 Å². The van der Waals surface area contributed by atoms with Crippen molar-refractivity contribution in [1.29, 1.82) is 0 Å². The average Bonchev–Trinajstić information content (AvgIpc) is 2.79. The van der Waals surface area contributed by atoms with Gasteiger partial charge >= 0.3 is 0 Å². The lowest BCUT2D eigenvalue weighted by Gasteiger charge is -2.27. The third-order valence-electron chi connectivity index (χ3n) is 5.26. The van der Waals surface area contributed by atoms with Crippen LogP contribution >= 0.6 is 0 Å². The van der Waals surface area contributed by atoms with E-state index in [0.29, 0.717) is 25.2 Å². The van der Waals surface area contributed by atoms with E-state index in [2.05, 4.69) is 5.32 Å². The van der Waals surface area contributed by atoms with Crippen molar-refractivity contribution in [2.75, 3.05) is 27.2 Å². The Morgan fingerprint density at radius 1 is 1.00 bits per heavy atom. The molecule has 0 bridgehead atoms. The molecule has 7 nitrogen and oxygen atoms in total. The minimum Gasteiger partial charge on any atom is -0.355 e. The van der Waals surface area contributed by atoms with Gasteiger partial charge in [-0.2, -0.15) is 4.31 Å². The number of benzene rings is 2. The van der Waals surface area contributed by atoms with Crippen LogP contribution in [-0.4, -0.2) is 56.6 Å². The van der Waals surface area contributed by atoms with Crippen molar-refractivity contribution < 1.29 is 18.0 Å². The Bertz CT molecular complexity index is 1010. The molecule has 0 unspecified atom stereocenters. The number of sulfonamides is 1. The smallest absolute Gasteiger partial charge is 0.255 e. The molecule has 1 fully saturated rings. The van der Waals surface area contributed by atoms with Crippen LogP contribution in [0.5, 0.6) is 0 Å². The number of hydrogen-bond donors (Lipinski definition) is 1. The van der Waals surface area contributed by atoms with E-state index >= 15 is 0 Å². The molecule has 1 aliphatic rings. The van der Waals surface area contributed by atoms with Gasteiger partial charge < -0.3 is 10.2 Å². The summed E-state index contributed by atoms with van der Waals surface area (Å²) in [6.45, 7) is 1.27. The highest BCUT2D eigenvalue weighted by atomic mass is 32.2. The molecular weight excluding hydrogens is 402 g/mol. The zero-order valence-corrected chi connectivity index (χ0v) is 18.1. The first kappa shape index (κ1) is 22.0. The Balaban J connectivity index is 1.80. The monoisotopic (exact) mass is 429 g/mol. The minimum absolute atomic E-state index is 0.0544. The average molecular weight is 430 g/mol. The Morgan fingerprint density at radius 3 is 2.27 bits per heavy atom. The molecule has 1 N–H and O–H groups in total. The predicted molar refractivity (Wildman–Crippen MR) is 115 cm³/mol. The summed E-state index contributed by atoms with van der Waals surface area (Å²) in [6.07, 6.45) is 2.69. The molecule has 0 radical (unpaired) electrons. The Morgan fingerprint density at radius 2 is 1.63 bits per heavy atom. The highest BCUT2D eigenvalue weighted by Gasteiger charge is 2.30. The van der Waals surface area contributed by atoms with E-state index < -0.39 is 10.0 Å². The van der Waals surface area contributed by atoms with Gasteiger partial charge in [-0.1, -0.05) is 30.7 Å². The first-order chi connectivity index (χ1) is 14.3. The lowest BCUT2D eigenvalue weighted by atomic mass is 10.1. The molecule has 1 aliphatic heterocycles. The topological polar surface area (TPSA) is 86.8 Å². The highest BCUT2D eigenvalue weighted by molar-refractivity contribution is 7.89. The number of carbonyl (C=O) groups is 2. The molecular formula is C22H27N3O4S. The fraction of sp³-hybridized carbons (Fsp3) is 0.364. The van der Waals surface area contributed by atoms with Crippen LogP contribution in [0.25, 0.3) is 0 Å². The molecule has 0 aliphatic carbocycles. The molecule has 1 heterocycles. The fourth-order valence-corrected chi connectivity index (χ4v) is 5.27. The van der Waals surface area contributed by atoms with E-state index in [4.69, 9.17) is 0 Å². The van der Waals surface area contributed by atoms with Gasteiger partial charge in [-0.15, -0.1) is 0 Å². The standard InChI is InChI=1S/C22H27N3O4S/c1-23-21(26)18-12-10-17(11-13-18)16-24(2)22(27)19-8-4-5-9-20(19)30(28,29)25-14-6-3-7-15-25/h4-5,8-13H,3,6-7,14-16H2,1-2H3,(H,23,26). The van der Waals surface area contributed by atoms with Gasteiger partial charge in [0.2, 0.25) is 10.0 Å². The summed E-state index contributed by atoms with van der Waals surface area (Å²) in [7, 11) is -0.515. The van der Waals surface area contributed by atoms with Crippen LogP contribution < -0.4 is 5.32 Å². The van der Waals surface area contributed by atoms with Crippen molar-refractivity contribution in [3.8, 4) is 0 Å². The summed E-state index contributed by atoms with van der Waals surface area (Å²) in [5, 5.41) is 2.56. The summed E-state index contributed by atoms with van der Waals surface area (Å²) >= 11 is 0. The molecule has 160 valence electrons. The van der Waals surface area contributed by atoms with Gasteiger partial charge in [0, 0.05) is 39.3 Å². The van der Waals surface area contributed by atoms with Crippen molar-refractivity contribution in [1.82, 2.24) is 14.5 Å². The van der Waals surface area contributed by atoms with E-state index in [1.54, 1.807) is 56.6 Å². The lowest BCUT2D eigenvalue weighted by Crippen LogP contribution is -2.37. The number of carbonyl (C=O) groups excluding carboxylic acids is 2. The van der Waals surface area contributed by atoms with E-state index in [1.165, 1.54) is 15.3 Å². The summed E-state index contributed by atoms with van der Waals surface area (Å²) in [4.78, 5) is 26.3. The van der Waals surface area contributed by atoms with Crippen molar-refractivity contribution in [3.63, 3.8) is 0 Å². The van der Waals surface area contributed by atoms with Crippen molar-refractivity contribution in [2.45, 2.75) is 30.7 Å². The lowest BCUT2D eigenvalue weighted by molar-refractivity contribution is 0.0780. The van der Waals surface area contributed by atoms with Gasteiger partial charge in [0.1, 0.15) is 0 Å². The Labute approximate surface area is 177 Å². The quantitative estimate of drug-likeness (QED) is 0.764. The molecule has 3 rings (SSSR count). The second-order valence-corrected chi connectivity index (χ2v) is 9.30. The molecule has 0 aromatic heterocycles. The molecule has 0 saturated carbocycles. The second-order valence-electron chi connectivity index (χ2n) is 7.40. The van der Waals surface area contributed by atoms with Crippen LogP contribution in [0.15, 0.2) is 53.4 Å². The third-order valence-corrected chi connectivity index (χ3v) is 7.22. The van der Waals surface area contributed by atoms with Crippen LogP contribution in [0.1, 0.15) is 45.5 Å². The van der Waals surface area contributed by atoms with Crippen LogP contribution in [0.4, 0.5) is 0 Å². The van der Waals surface area contributed by atoms with Gasteiger partial charge in [0.25, 0.3) is 11.8 Å². The number of rotatable bonds is 6. The third kappa shape index (κ3) is 4.71. The van der Waals surface area contributed by atoms with Crippen LogP contribution in [0, 0.1) is 0 Å². The summed E-state index contributed by atoms with van der Waals surface area (Å²) in [5.41, 5.74) is 1.55. The van der Waals surface area contributed by atoms with E-state index in [-0.39, 0.29) is 22.3 Å². The maximum Gasteiger partial charge on any atom is 0.255 e. The molecule has 2 amide bonds. The largest absolute Gasteiger partial charge is 0.355 e. The fourth-order valence-electron chi connectivity index (χ4n) is 3.57. The molecule has 30 heavy (non-hydrogen) atoms. The van der Waals surface area contributed by atoms with Crippen molar-refractivity contribution in [2.24, 2.45) is 0 Å². The predicted octanol–water partition coefficient (Wildman–Crippen LogP) is 2.49. The first-order valence-corrected chi connectivity index (χ1v) is 11.4. The number of hydrogen-bond acceptors (Lipinski definition) is 4. The van der Waals surface area contributed by atoms with Crippen molar-refractivity contribution in [3.05, 3.63) is 65.2 Å². The highest BCUT2D eigenvalue weighted by Crippen LogP contribution is 2.24. The first-order valence-electron chi connectivity index (χ1n) is 10.0. The normalized spacial score (nSPS) is 14.9. The van der Waals surface area contributed by atoms with Gasteiger partial charge in [-0.3, -0.25) is 9.59 Å². The summed E-state index contributed by atoms with van der Waals surface area (Å²) in [6, 6.07) is 13.3. The second kappa shape index (κ2) is 9.40. The van der Waals surface area contributed by atoms with Crippen LogP contribution in [0.2, 0.25) is 0 Å². The maximum absolute atomic E-state index is 13.1. The number of amides is 2. The molecule has 2 aromatic rings. The molecule has 8 heteroatoms. The Kier molecular flexibility index (Phi) is 6.89. The number of nitrogens with zero attached hydrogens (tertiary/aromatic N) is 2. The maximum atomic E-state index is 13.1. The van der Waals surface area contributed by atoms with E-state index in [9.17, 15) is 18.0 Å². The molecule has 1 saturated heterocycles. The van der Waals surface area contributed by atoms with Gasteiger partial charge in [-0.25, -0.2) is 8.42 Å². The Hall–Kier alpha value is -2.71. The minimum atomic E-state index is -3.72. The summed E-state index contributed by atoms with van der Waals surface area (Å²) < 4.78 is 27.8. The number of piperidine rings is 1. The van der Waals surface area contributed by atoms with E-state index in [0.717, 1.165) is 24.8 Å². The van der Waals surface area contributed by atoms with Gasteiger partial charge in [0.15, 0.2) is 0 Å². The SMILES string of the molecule is CNC(=O)c1ccc(CN(C)C(=O)c2ccccc2S(=O)(=O)N2CCCCC2)cc1. The van der Waals surface area contributed by atoms with Crippen LogP contribution in [0.3, 0.4) is 0 Å². The summed E-state index contributed by atoms with van der Waals surface area (Å²) in [5.74, 6) is -0.538. The number of nitrogens with one attached hydrogen (secondary N) is 1. The molecule has 0 spiro atoms. The van der Waals surface area contributed by atoms with Crippen molar-refractivity contribution >= 4 is 21.8 Å². The van der Waals surface area contributed by atoms with Crippen LogP contribution in [-0.2, 0) is 16.6 Å². The van der Waals surface area contributed by atoms with Gasteiger partial charge in [-0.05, 0) is 42.7 Å². The van der Waals surface area contributed by atoms with Gasteiger partial charge in [0.05, 0.1) is 10.5 Å².